The number of nitrogens with zero attached hydrogens (tertiary/aromatic N) is 2. The fourth-order valence-electron chi connectivity index (χ4n) is 3.12. The van der Waals surface area contributed by atoms with E-state index in [2.05, 4.69) is 52.0 Å². The highest BCUT2D eigenvalue weighted by atomic mass is 32.1. The quantitative estimate of drug-likeness (QED) is 0.675. The zero-order chi connectivity index (χ0) is 18.1. The smallest absolute Gasteiger partial charge is 0.263 e. The topological polar surface area (TPSA) is 44.1 Å². The molecular formula is C20H24N2O2S. The standard InChI is InChI=1S/C20H24N2O2S/c1-12(2)18-21-19-17(20(23)22(18)10-11-24-5)16(14(4)25-19)15-8-6-13(3)7-9-15/h6-9,12H,10-11H2,1-5H3. The van der Waals surface area contributed by atoms with Gasteiger partial charge in [-0.3, -0.25) is 9.36 Å². The highest BCUT2D eigenvalue weighted by Gasteiger charge is 2.20. The lowest BCUT2D eigenvalue weighted by Crippen LogP contribution is -2.27. The van der Waals surface area contributed by atoms with Gasteiger partial charge in [-0.2, -0.15) is 0 Å². The van der Waals surface area contributed by atoms with Crippen molar-refractivity contribution in [3.8, 4) is 11.1 Å². The average Bonchev–Trinajstić information content (AvgIpc) is 2.91. The maximum atomic E-state index is 13.3. The molecule has 25 heavy (non-hydrogen) atoms. The monoisotopic (exact) mass is 356 g/mol. The first-order valence-corrected chi connectivity index (χ1v) is 9.35. The maximum Gasteiger partial charge on any atom is 0.263 e. The first-order chi connectivity index (χ1) is 11.9. The van der Waals surface area contributed by atoms with Crippen molar-refractivity contribution in [1.29, 1.82) is 0 Å². The van der Waals surface area contributed by atoms with Gasteiger partial charge in [-0.25, -0.2) is 4.98 Å². The van der Waals surface area contributed by atoms with Crippen LogP contribution in [0.2, 0.25) is 0 Å². The fraction of sp³-hybridized carbons (Fsp3) is 0.400. The molecule has 2 heterocycles. The Hall–Kier alpha value is -1.98. The lowest BCUT2D eigenvalue weighted by molar-refractivity contribution is 0.184. The minimum Gasteiger partial charge on any atom is -0.383 e. The summed E-state index contributed by atoms with van der Waals surface area (Å²) >= 11 is 1.60. The van der Waals surface area contributed by atoms with E-state index < -0.39 is 0 Å². The van der Waals surface area contributed by atoms with E-state index in [1.54, 1.807) is 23.0 Å². The summed E-state index contributed by atoms with van der Waals surface area (Å²) < 4.78 is 6.97. The molecule has 0 radical (unpaired) electrons. The van der Waals surface area contributed by atoms with Crippen LogP contribution in [-0.2, 0) is 11.3 Å². The zero-order valence-electron chi connectivity index (χ0n) is 15.4. The first-order valence-electron chi connectivity index (χ1n) is 8.53. The van der Waals surface area contributed by atoms with Gasteiger partial charge in [0.05, 0.1) is 18.5 Å². The van der Waals surface area contributed by atoms with E-state index in [-0.39, 0.29) is 11.5 Å². The zero-order valence-corrected chi connectivity index (χ0v) is 16.2. The van der Waals surface area contributed by atoms with Crippen molar-refractivity contribution in [2.24, 2.45) is 0 Å². The Morgan fingerprint density at radius 1 is 1.20 bits per heavy atom. The molecular weight excluding hydrogens is 332 g/mol. The van der Waals surface area contributed by atoms with Crippen LogP contribution in [0, 0.1) is 13.8 Å². The van der Waals surface area contributed by atoms with Crippen molar-refractivity contribution >= 4 is 21.6 Å². The number of aryl methyl sites for hydroxylation is 2. The van der Waals surface area contributed by atoms with Crippen LogP contribution in [0.1, 0.15) is 36.0 Å². The van der Waals surface area contributed by atoms with E-state index in [9.17, 15) is 4.79 Å². The summed E-state index contributed by atoms with van der Waals surface area (Å²) in [6, 6.07) is 8.33. The second kappa shape index (κ2) is 7.10. The second-order valence-corrected chi connectivity index (χ2v) is 7.86. The van der Waals surface area contributed by atoms with Crippen LogP contribution in [0.4, 0.5) is 0 Å². The number of fused-ring (bicyclic) bond motifs is 1. The molecule has 0 spiro atoms. The minimum atomic E-state index is 0.0330. The molecule has 1 aromatic carbocycles. The van der Waals surface area contributed by atoms with Crippen LogP contribution < -0.4 is 5.56 Å². The number of aromatic nitrogens is 2. The van der Waals surface area contributed by atoms with Crippen molar-refractivity contribution in [3.05, 3.63) is 50.9 Å². The summed E-state index contributed by atoms with van der Waals surface area (Å²) in [7, 11) is 1.65. The Balaban J connectivity index is 2.31. The molecule has 0 fully saturated rings. The van der Waals surface area contributed by atoms with E-state index in [1.807, 2.05) is 0 Å². The van der Waals surface area contributed by atoms with Gasteiger partial charge in [0, 0.05) is 23.5 Å². The fourth-order valence-corrected chi connectivity index (χ4v) is 4.16. The van der Waals surface area contributed by atoms with E-state index >= 15 is 0 Å². The number of hydrogen-bond acceptors (Lipinski definition) is 4. The molecule has 4 nitrogen and oxygen atoms in total. The third kappa shape index (κ3) is 3.26. The van der Waals surface area contributed by atoms with Gasteiger partial charge >= 0.3 is 0 Å². The van der Waals surface area contributed by atoms with Gasteiger partial charge in [-0.15, -0.1) is 11.3 Å². The Morgan fingerprint density at radius 3 is 2.48 bits per heavy atom. The molecule has 0 aliphatic rings. The molecule has 5 heteroatoms. The van der Waals surface area contributed by atoms with Crippen molar-refractivity contribution < 1.29 is 4.74 Å². The van der Waals surface area contributed by atoms with Crippen molar-refractivity contribution in [2.75, 3.05) is 13.7 Å². The molecule has 0 aliphatic heterocycles. The molecule has 2 aromatic heterocycles. The van der Waals surface area contributed by atoms with Crippen LogP contribution in [0.15, 0.2) is 29.1 Å². The van der Waals surface area contributed by atoms with Crippen LogP contribution in [0.3, 0.4) is 0 Å². The molecule has 0 N–H and O–H groups in total. The van der Waals surface area contributed by atoms with E-state index in [4.69, 9.17) is 9.72 Å². The van der Waals surface area contributed by atoms with Gasteiger partial charge in [-0.05, 0) is 19.4 Å². The van der Waals surface area contributed by atoms with Gasteiger partial charge in [0.1, 0.15) is 10.7 Å². The molecule has 0 amide bonds. The molecule has 0 saturated heterocycles. The first kappa shape index (κ1) is 17.8. The average molecular weight is 356 g/mol. The van der Waals surface area contributed by atoms with E-state index in [0.717, 1.165) is 32.0 Å². The maximum absolute atomic E-state index is 13.3. The summed E-state index contributed by atoms with van der Waals surface area (Å²) in [5.41, 5.74) is 3.33. The molecule has 0 saturated carbocycles. The van der Waals surface area contributed by atoms with Crippen LogP contribution >= 0.6 is 11.3 Å². The van der Waals surface area contributed by atoms with Gasteiger partial charge in [0.2, 0.25) is 0 Å². The van der Waals surface area contributed by atoms with Crippen LogP contribution in [0.25, 0.3) is 21.3 Å². The van der Waals surface area contributed by atoms with E-state index in [1.165, 1.54) is 5.56 Å². The Labute approximate surface area is 152 Å². The molecule has 3 aromatic rings. The number of rotatable bonds is 5. The van der Waals surface area contributed by atoms with Crippen molar-refractivity contribution in [2.45, 2.75) is 40.2 Å². The predicted octanol–water partition coefficient (Wildman–Crippen LogP) is 4.51. The lowest BCUT2D eigenvalue weighted by Gasteiger charge is -2.15. The normalized spacial score (nSPS) is 11.6. The predicted molar refractivity (Wildman–Crippen MR) is 105 cm³/mol. The number of benzene rings is 1. The molecule has 0 aliphatic carbocycles. The van der Waals surface area contributed by atoms with Gasteiger partial charge in [-0.1, -0.05) is 43.7 Å². The summed E-state index contributed by atoms with van der Waals surface area (Å²) in [6.07, 6.45) is 0. The second-order valence-electron chi connectivity index (χ2n) is 6.65. The Kier molecular flexibility index (Phi) is 5.06. The number of thiophene rings is 1. The van der Waals surface area contributed by atoms with Crippen LogP contribution in [0.5, 0.6) is 0 Å². The van der Waals surface area contributed by atoms with Crippen LogP contribution in [-0.4, -0.2) is 23.3 Å². The summed E-state index contributed by atoms with van der Waals surface area (Å²) in [6.45, 7) is 9.28. The number of ether oxygens (including phenoxy) is 1. The van der Waals surface area contributed by atoms with E-state index in [0.29, 0.717) is 13.2 Å². The lowest BCUT2D eigenvalue weighted by atomic mass is 10.0. The SMILES string of the molecule is COCCn1c(C(C)C)nc2sc(C)c(-c3ccc(C)cc3)c2c1=O. The largest absolute Gasteiger partial charge is 0.383 e. The summed E-state index contributed by atoms with van der Waals surface area (Å²) in [5.74, 6) is 1.01. The Morgan fingerprint density at radius 2 is 1.88 bits per heavy atom. The molecule has 0 unspecified atom stereocenters. The van der Waals surface area contributed by atoms with Gasteiger partial charge in [0.15, 0.2) is 0 Å². The molecule has 0 atom stereocenters. The molecule has 3 rings (SSSR count). The van der Waals surface area contributed by atoms with Crippen molar-refractivity contribution in [1.82, 2.24) is 9.55 Å². The number of methoxy groups -OCH3 is 1. The highest BCUT2D eigenvalue weighted by molar-refractivity contribution is 7.19. The third-order valence-corrected chi connectivity index (χ3v) is 5.39. The van der Waals surface area contributed by atoms with Gasteiger partial charge in [0.25, 0.3) is 5.56 Å². The Bertz CT molecular complexity index is 952. The number of hydrogen-bond donors (Lipinski definition) is 0. The molecule has 0 bridgehead atoms. The summed E-state index contributed by atoms with van der Waals surface area (Å²) in [5, 5.41) is 0.729. The third-order valence-electron chi connectivity index (χ3n) is 4.39. The molecule has 132 valence electrons. The van der Waals surface area contributed by atoms with Gasteiger partial charge < -0.3 is 4.74 Å². The van der Waals surface area contributed by atoms with Crippen molar-refractivity contribution in [3.63, 3.8) is 0 Å². The summed E-state index contributed by atoms with van der Waals surface area (Å²) in [4.78, 5) is 20.1. The highest BCUT2D eigenvalue weighted by Crippen LogP contribution is 2.36. The minimum absolute atomic E-state index is 0.0330.